The van der Waals surface area contributed by atoms with Gasteiger partial charge in [0, 0.05) is 12.1 Å². The normalized spacial score (nSPS) is 10.4. The number of benzene rings is 2. The molecular formula is C14H12N4O4. The largest absolute Gasteiger partial charge is 0.465 e. The zero-order chi connectivity index (χ0) is 15.9. The molecule has 0 aromatic heterocycles. The molecule has 0 radical (unpaired) electrons. The Bertz CT molecular complexity index is 696. The summed E-state index contributed by atoms with van der Waals surface area (Å²) in [7, 11) is 1.31. The highest BCUT2D eigenvalue weighted by Crippen LogP contribution is 2.18. The van der Waals surface area contributed by atoms with Crippen molar-refractivity contribution >= 4 is 23.0 Å². The van der Waals surface area contributed by atoms with Crippen LogP contribution in [0.3, 0.4) is 0 Å². The van der Waals surface area contributed by atoms with E-state index in [1.165, 1.54) is 31.4 Å². The fourth-order valence-electron chi connectivity index (χ4n) is 1.58. The Morgan fingerprint density at radius 1 is 1.14 bits per heavy atom. The first-order valence-electron chi connectivity index (χ1n) is 6.20. The molecule has 2 aromatic rings. The molecule has 0 heterocycles. The van der Waals surface area contributed by atoms with Crippen molar-refractivity contribution in [3.63, 3.8) is 0 Å². The van der Waals surface area contributed by atoms with Crippen molar-refractivity contribution in [3.05, 3.63) is 64.2 Å². The summed E-state index contributed by atoms with van der Waals surface area (Å²) < 4.78 is 4.59. The van der Waals surface area contributed by atoms with Gasteiger partial charge in [0.1, 0.15) is 0 Å². The zero-order valence-corrected chi connectivity index (χ0v) is 11.6. The van der Waals surface area contributed by atoms with Crippen LogP contribution in [0.15, 0.2) is 58.9 Å². The molecule has 0 aliphatic heterocycles. The van der Waals surface area contributed by atoms with Crippen LogP contribution in [0.2, 0.25) is 0 Å². The molecule has 0 amide bonds. The predicted molar refractivity (Wildman–Crippen MR) is 79.0 cm³/mol. The summed E-state index contributed by atoms with van der Waals surface area (Å²) in [5.74, 6) is -0.418. The molecule has 2 rings (SSSR count). The van der Waals surface area contributed by atoms with Crippen LogP contribution in [-0.2, 0) is 4.74 Å². The van der Waals surface area contributed by atoms with Crippen molar-refractivity contribution in [1.29, 1.82) is 0 Å². The number of hydrogen-bond acceptors (Lipinski definition) is 6. The van der Waals surface area contributed by atoms with Crippen LogP contribution < -0.4 is 5.43 Å². The first-order valence-corrected chi connectivity index (χ1v) is 6.20. The predicted octanol–water partition coefficient (Wildman–Crippen LogP) is 3.49. The maximum Gasteiger partial charge on any atom is 0.337 e. The fraction of sp³-hybridized carbons (Fsp3) is 0.0714. The lowest BCUT2D eigenvalue weighted by atomic mass is 10.2. The average molecular weight is 300 g/mol. The molecule has 0 atom stereocenters. The van der Waals surface area contributed by atoms with Gasteiger partial charge in [0.2, 0.25) is 0 Å². The second-order valence-electron chi connectivity index (χ2n) is 4.15. The molecule has 0 saturated heterocycles. The maximum absolute atomic E-state index is 11.3. The van der Waals surface area contributed by atoms with Gasteiger partial charge in [-0.15, -0.1) is 5.11 Å². The summed E-state index contributed by atoms with van der Waals surface area (Å²) in [6.45, 7) is 0. The van der Waals surface area contributed by atoms with Crippen LogP contribution >= 0.6 is 0 Å². The SMILES string of the molecule is COC(=O)c1ccc(NN=Nc2ccc([N+](=O)[O-])cc2)cc1. The average Bonchev–Trinajstić information content (AvgIpc) is 2.55. The topological polar surface area (TPSA) is 106 Å². The first-order chi connectivity index (χ1) is 10.6. The number of ether oxygens (including phenoxy) is 1. The maximum atomic E-state index is 11.3. The second kappa shape index (κ2) is 6.93. The van der Waals surface area contributed by atoms with E-state index in [0.29, 0.717) is 16.9 Å². The second-order valence-corrected chi connectivity index (χ2v) is 4.15. The highest BCUT2D eigenvalue weighted by atomic mass is 16.6. The molecule has 0 saturated carbocycles. The molecule has 2 aromatic carbocycles. The van der Waals surface area contributed by atoms with Crippen LogP contribution in [0.4, 0.5) is 17.1 Å². The summed E-state index contributed by atoms with van der Waals surface area (Å²) >= 11 is 0. The number of methoxy groups -OCH3 is 1. The zero-order valence-electron chi connectivity index (χ0n) is 11.6. The van der Waals surface area contributed by atoms with E-state index in [2.05, 4.69) is 20.5 Å². The van der Waals surface area contributed by atoms with Gasteiger partial charge < -0.3 is 4.74 Å². The number of rotatable bonds is 5. The van der Waals surface area contributed by atoms with E-state index < -0.39 is 10.9 Å². The molecule has 22 heavy (non-hydrogen) atoms. The van der Waals surface area contributed by atoms with Crippen LogP contribution in [0.25, 0.3) is 0 Å². The van der Waals surface area contributed by atoms with Gasteiger partial charge >= 0.3 is 5.97 Å². The third-order valence-electron chi connectivity index (χ3n) is 2.71. The van der Waals surface area contributed by atoms with Crippen LogP contribution in [-0.4, -0.2) is 18.0 Å². The lowest BCUT2D eigenvalue weighted by Gasteiger charge is -2.01. The van der Waals surface area contributed by atoms with Crippen molar-refractivity contribution in [1.82, 2.24) is 0 Å². The Balaban J connectivity index is 1.97. The van der Waals surface area contributed by atoms with Gasteiger partial charge in [0.05, 0.1) is 29.0 Å². The number of non-ortho nitro benzene ring substituents is 1. The van der Waals surface area contributed by atoms with E-state index in [-0.39, 0.29) is 5.69 Å². The standard InChI is InChI=1S/C14H12N4O4/c1-22-14(19)10-2-4-11(5-3-10)15-17-16-12-6-8-13(9-7-12)18(20)21/h2-9H,1H3,(H,15,16). The highest BCUT2D eigenvalue weighted by molar-refractivity contribution is 5.89. The van der Waals surface area contributed by atoms with Crippen molar-refractivity contribution in [2.45, 2.75) is 0 Å². The summed E-state index contributed by atoms with van der Waals surface area (Å²) in [5, 5.41) is 18.2. The number of nitrogens with zero attached hydrogens (tertiary/aromatic N) is 3. The molecule has 8 heteroatoms. The summed E-state index contributed by atoms with van der Waals surface area (Å²) in [6.07, 6.45) is 0. The molecule has 0 bridgehead atoms. The van der Waals surface area contributed by atoms with Gasteiger partial charge in [0.25, 0.3) is 5.69 Å². The van der Waals surface area contributed by atoms with Gasteiger partial charge in [0.15, 0.2) is 0 Å². The minimum atomic E-state index is -0.484. The van der Waals surface area contributed by atoms with Crippen molar-refractivity contribution in [2.75, 3.05) is 12.5 Å². The third kappa shape index (κ3) is 3.85. The van der Waals surface area contributed by atoms with Crippen molar-refractivity contribution < 1.29 is 14.5 Å². The monoisotopic (exact) mass is 300 g/mol. The lowest BCUT2D eigenvalue weighted by Crippen LogP contribution is -2.00. The molecule has 112 valence electrons. The van der Waals surface area contributed by atoms with Crippen molar-refractivity contribution in [2.24, 2.45) is 10.3 Å². The smallest absolute Gasteiger partial charge is 0.337 e. The summed E-state index contributed by atoms with van der Waals surface area (Å²) in [5.41, 5.74) is 4.22. The number of carbonyl (C=O) groups is 1. The molecule has 0 spiro atoms. The third-order valence-corrected chi connectivity index (χ3v) is 2.71. The number of hydrogen-bond donors (Lipinski definition) is 1. The van der Waals surface area contributed by atoms with Crippen molar-refractivity contribution in [3.8, 4) is 0 Å². The molecular weight excluding hydrogens is 288 g/mol. The summed E-state index contributed by atoms with van der Waals surface area (Å²) in [4.78, 5) is 21.3. The van der Waals surface area contributed by atoms with Gasteiger partial charge in [-0.25, -0.2) is 4.79 Å². The van der Waals surface area contributed by atoms with Crippen LogP contribution in [0.1, 0.15) is 10.4 Å². The molecule has 0 aliphatic rings. The Morgan fingerprint density at radius 3 is 2.32 bits per heavy atom. The van der Waals surface area contributed by atoms with E-state index in [1.54, 1.807) is 24.3 Å². The Morgan fingerprint density at radius 2 is 1.77 bits per heavy atom. The van der Waals surface area contributed by atoms with Crippen LogP contribution in [0, 0.1) is 10.1 Å². The van der Waals surface area contributed by atoms with E-state index in [1.807, 2.05) is 0 Å². The highest BCUT2D eigenvalue weighted by Gasteiger charge is 2.04. The Hall–Kier alpha value is -3.29. The Labute approximate surface area is 125 Å². The molecule has 1 N–H and O–H groups in total. The van der Waals surface area contributed by atoms with Crippen LogP contribution in [0.5, 0.6) is 0 Å². The van der Waals surface area contributed by atoms with Gasteiger partial charge in [-0.1, -0.05) is 5.22 Å². The summed E-state index contributed by atoms with van der Waals surface area (Å²) in [6, 6.07) is 12.2. The number of nitrogens with one attached hydrogen (secondary N) is 1. The molecule has 8 nitrogen and oxygen atoms in total. The molecule has 0 aliphatic carbocycles. The fourth-order valence-corrected chi connectivity index (χ4v) is 1.58. The first kappa shape index (κ1) is 15.1. The number of nitro groups is 1. The molecule has 0 unspecified atom stereocenters. The van der Waals surface area contributed by atoms with E-state index in [4.69, 9.17) is 0 Å². The van der Waals surface area contributed by atoms with Gasteiger partial charge in [-0.3, -0.25) is 15.5 Å². The van der Waals surface area contributed by atoms with E-state index in [0.717, 1.165) is 0 Å². The van der Waals surface area contributed by atoms with Gasteiger partial charge in [-0.2, -0.15) is 0 Å². The number of esters is 1. The van der Waals surface area contributed by atoms with Gasteiger partial charge in [-0.05, 0) is 36.4 Å². The van der Waals surface area contributed by atoms with E-state index in [9.17, 15) is 14.9 Å². The number of nitro benzene ring substituents is 1. The quantitative estimate of drug-likeness (QED) is 0.393. The molecule has 0 fully saturated rings. The Kier molecular flexibility index (Phi) is 4.76. The number of carbonyl (C=O) groups excluding carboxylic acids is 1. The van der Waals surface area contributed by atoms with E-state index >= 15 is 0 Å². The minimum Gasteiger partial charge on any atom is -0.465 e. The number of anilines is 1. The lowest BCUT2D eigenvalue weighted by molar-refractivity contribution is -0.384. The minimum absolute atomic E-state index is 0.00897.